The van der Waals surface area contributed by atoms with Crippen LogP contribution >= 0.6 is 15.9 Å². The van der Waals surface area contributed by atoms with Crippen LogP contribution in [-0.2, 0) is 11.2 Å². The molecule has 2 aromatic rings. The number of amides is 1. The summed E-state index contributed by atoms with van der Waals surface area (Å²) < 4.78 is 6.12. The van der Waals surface area contributed by atoms with Crippen molar-refractivity contribution in [3.8, 4) is 5.75 Å². The molecule has 23 heavy (non-hydrogen) atoms. The van der Waals surface area contributed by atoms with Crippen molar-refractivity contribution < 1.29 is 9.53 Å². The summed E-state index contributed by atoms with van der Waals surface area (Å²) in [5.41, 5.74) is 5.44. The third-order valence-electron chi connectivity index (χ3n) is 3.41. The minimum Gasteiger partial charge on any atom is -0.497 e. The molecule has 0 aliphatic rings. The molecular weight excluding hydrogens is 356 g/mol. The van der Waals surface area contributed by atoms with Crippen LogP contribution in [0.2, 0.25) is 0 Å². The molecule has 1 amide bonds. The van der Waals surface area contributed by atoms with Crippen molar-refractivity contribution in [1.82, 2.24) is 5.43 Å². The van der Waals surface area contributed by atoms with E-state index in [9.17, 15) is 4.79 Å². The van der Waals surface area contributed by atoms with Gasteiger partial charge in [0.2, 0.25) is 5.91 Å². The van der Waals surface area contributed by atoms with Crippen LogP contribution in [0.25, 0.3) is 0 Å². The van der Waals surface area contributed by atoms with Crippen molar-refractivity contribution in [3.63, 3.8) is 0 Å². The summed E-state index contributed by atoms with van der Waals surface area (Å²) in [5, 5.41) is 4.15. The predicted molar refractivity (Wildman–Crippen MR) is 95.8 cm³/mol. The van der Waals surface area contributed by atoms with Gasteiger partial charge in [-0.3, -0.25) is 4.79 Å². The van der Waals surface area contributed by atoms with Gasteiger partial charge in [0, 0.05) is 10.9 Å². The van der Waals surface area contributed by atoms with E-state index in [0.29, 0.717) is 12.8 Å². The minimum atomic E-state index is -0.0997. The zero-order valence-electron chi connectivity index (χ0n) is 13.2. The van der Waals surface area contributed by atoms with Gasteiger partial charge in [-0.2, -0.15) is 5.10 Å². The topological polar surface area (TPSA) is 50.7 Å². The Balaban J connectivity index is 1.84. The molecule has 0 fully saturated rings. The van der Waals surface area contributed by atoms with Gasteiger partial charge in [0.1, 0.15) is 5.75 Å². The highest BCUT2D eigenvalue weighted by atomic mass is 79.9. The van der Waals surface area contributed by atoms with E-state index in [1.54, 1.807) is 7.11 Å². The third kappa shape index (κ3) is 5.53. The third-order valence-corrected chi connectivity index (χ3v) is 3.94. The summed E-state index contributed by atoms with van der Waals surface area (Å²) in [6, 6.07) is 15.5. The van der Waals surface area contributed by atoms with Crippen LogP contribution in [0.4, 0.5) is 0 Å². The van der Waals surface area contributed by atoms with Crippen LogP contribution < -0.4 is 10.2 Å². The van der Waals surface area contributed by atoms with Gasteiger partial charge >= 0.3 is 0 Å². The van der Waals surface area contributed by atoms with E-state index in [1.165, 1.54) is 0 Å². The van der Waals surface area contributed by atoms with Crippen molar-refractivity contribution in [2.75, 3.05) is 7.11 Å². The average molecular weight is 375 g/mol. The van der Waals surface area contributed by atoms with Crippen molar-refractivity contribution in [2.24, 2.45) is 5.10 Å². The molecule has 2 rings (SSSR count). The molecule has 2 aromatic carbocycles. The van der Waals surface area contributed by atoms with E-state index in [4.69, 9.17) is 4.74 Å². The maximum absolute atomic E-state index is 11.9. The number of hydrogen-bond donors (Lipinski definition) is 1. The summed E-state index contributed by atoms with van der Waals surface area (Å²) in [4.78, 5) is 11.9. The van der Waals surface area contributed by atoms with Crippen molar-refractivity contribution in [2.45, 2.75) is 19.8 Å². The Kier molecular flexibility index (Phi) is 6.35. The molecule has 1 N–H and O–H groups in total. The average Bonchev–Trinajstić information content (AvgIpc) is 2.59. The molecule has 0 heterocycles. The number of aryl methyl sites for hydroxylation is 1. The fourth-order valence-electron chi connectivity index (χ4n) is 2.01. The molecule has 120 valence electrons. The number of methoxy groups -OCH3 is 1. The number of nitrogens with one attached hydrogen (secondary N) is 1. The lowest BCUT2D eigenvalue weighted by molar-refractivity contribution is -0.121. The van der Waals surface area contributed by atoms with E-state index in [0.717, 1.165) is 27.1 Å². The fraction of sp³-hybridized carbons (Fsp3) is 0.222. The van der Waals surface area contributed by atoms with E-state index >= 15 is 0 Å². The summed E-state index contributed by atoms with van der Waals surface area (Å²) in [6.07, 6.45) is 1.06. The van der Waals surface area contributed by atoms with Crippen LogP contribution in [0.15, 0.2) is 58.1 Å². The number of hydrogen-bond acceptors (Lipinski definition) is 3. The van der Waals surface area contributed by atoms with Gasteiger partial charge in [-0.05, 0) is 48.7 Å². The van der Waals surface area contributed by atoms with Gasteiger partial charge in [0.25, 0.3) is 0 Å². The molecule has 0 spiro atoms. The lowest BCUT2D eigenvalue weighted by Crippen LogP contribution is -2.19. The summed E-state index contributed by atoms with van der Waals surface area (Å²) >= 11 is 3.39. The van der Waals surface area contributed by atoms with E-state index in [2.05, 4.69) is 26.5 Å². The first-order chi connectivity index (χ1) is 11.1. The molecule has 0 aliphatic heterocycles. The lowest BCUT2D eigenvalue weighted by Gasteiger charge is -2.04. The molecule has 0 saturated heterocycles. The molecule has 0 atom stereocenters. The largest absolute Gasteiger partial charge is 0.497 e. The molecule has 0 saturated carbocycles. The SMILES string of the molecule is COc1ccc(CCC(=O)N/N=C(\C)c2ccc(Br)cc2)cc1. The number of hydrazone groups is 1. The maximum Gasteiger partial charge on any atom is 0.240 e. The number of benzene rings is 2. The molecule has 0 unspecified atom stereocenters. The Hall–Kier alpha value is -2.14. The van der Waals surface area contributed by atoms with Crippen LogP contribution in [0, 0.1) is 0 Å². The van der Waals surface area contributed by atoms with Gasteiger partial charge < -0.3 is 4.74 Å². The number of rotatable bonds is 6. The van der Waals surface area contributed by atoms with Crippen LogP contribution in [0.3, 0.4) is 0 Å². The number of ether oxygens (including phenoxy) is 1. The first-order valence-electron chi connectivity index (χ1n) is 7.30. The van der Waals surface area contributed by atoms with Crippen LogP contribution in [0.5, 0.6) is 5.75 Å². The highest BCUT2D eigenvalue weighted by Crippen LogP contribution is 2.13. The van der Waals surface area contributed by atoms with Gasteiger partial charge in [0.05, 0.1) is 12.8 Å². The standard InChI is InChI=1S/C18H19BrN2O2/c1-13(15-6-8-16(19)9-7-15)20-21-18(22)12-5-14-3-10-17(23-2)11-4-14/h3-4,6-11H,5,12H2,1-2H3,(H,21,22)/b20-13+. The quantitative estimate of drug-likeness (QED) is 0.614. The zero-order valence-corrected chi connectivity index (χ0v) is 14.8. The molecule has 5 heteroatoms. The lowest BCUT2D eigenvalue weighted by atomic mass is 10.1. The Morgan fingerprint density at radius 2 is 1.78 bits per heavy atom. The summed E-state index contributed by atoms with van der Waals surface area (Å²) in [5.74, 6) is 0.713. The minimum absolute atomic E-state index is 0.0997. The highest BCUT2D eigenvalue weighted by molar-refractivity contribution is 9.10. The Bertz CT molecular complexity index is 679. The summed E-state index contributed by atoms with van der Waals surface area (Å²) in [6.45, 7) is 1.87. The molecule has 0 aliphatic carbocycles. The van der Waals surface area contributed by atoms with Crippen molar-refractivity contribution >= 4 is 27.5 Å². The first kappa shape index (κ1) is 17.2. The number of carbonyl (C=O) groups is 1. The maximum atomic E-state index is 11.9. The van der Waals surface area contributed by atoms with Crippen LogP contribution in [-0.4, -0.2) is 18.7 Å². The second kappa shape index (κ2) is 8.48. The van der Waals surface area contributed by atoms with Crippen LogP contribution in [0.1, 0.15) is 24.5 Å². The number of nitrogens with zero attached hydrogens (tertiary/aromatic N) is 1. The second-order valence-electron chi connectivity index (χ2n) is 5.09. The molecule has 0 radical (unpaired) electrons. The molecule has 0 aromatic heterocycles. The van der Waals surface area contributed by atoms with Gasteiger partial charge in [-0.1, -0.05) is 40.2 Å². The van der Waals surface area contributed by atoms with Gasteiger partial charge in [-0.15, -0.1) is 0 Å². The fourth-order valence-corrected chi connectivity index (χ4v) is 2.27. The molecular formula is C18H19BrN2O2. The van der Waals surface area contributed by atoms with E-state index in [1.807, 2.05) is 55.5 Å². The van der Waals surface area contributed by atoms with E-state index < -0.39 is 0 Å². The van der Waals surface area contributed by atoms with Gasteiger partial charge in [-0.25, -0.2) is 5.43 Å². The van der Waals surface area contributed by atoms with E-state index in [-0.39, 0.29) is 5.91 Å². The smallest absolute Gasteiger partial charge is 0.240 e. The molecule has 0 bridgehead atoms. The van der Waals surface area contributed by atoms with Crippen molar-refractivity contribution in [3.05, 3.63) is 64.1 Å². The predicted octanol–water partition coefficient (Wildman–Crippen LogP) is 3.93. The summed E-state index contributed by atoms with van der Waals surface area (Å²) in [7, 11) is 1.63. The highest BCUT2D eigenvalue weighted by Gasteiger charge is 2.03. The first-order valence-corrected chi connectivity index (χ1v) is 8.10. The number of halogens is 1. The monoisotopic (exact) mass is 374 g/mol. The molecule has 4 nitrogen and oxygen atoms in total. The zero-order chi connectivity index (χ0) is 16.7. The Morgan fingerprint density at radius 3 is 2.39 bits per heavy atom. The van der Waals surface area contributed by atoms with Gasteiger partial charge in [0.15, 0.2) is 0 Å². The second-order valence-corrected chi connectivity index (χ2v) is 6.00. The Morgan fingerprint density at radius 1 is 1.13 bits per heavy atom. The van der Waals surface area contributed by atoms with Crippen molar-refractivity contribution in [1.29, 1.82) is 0 Å². The number of carbonyl (C=O) groups excluding carboxylic acids is 1. The normalized spacial score (nSPS) is 11.2. The Labute approximate surface area is 144 Å².